The molecule has 0 unspecified atom stereocenters. The number of aryl methyl sites for hydroxylation is 1. The number of ether oxygens (including phenoxy) is 1. The van der Waals surface area contributed by atoms with Gasteiger partial charge in [0.15, 0.2) is 0 Å². The molecule has 1 N–H and O–H groups in total. The topological polar surface area (TPSA) is 69.3 Å². The number of aromatic nitrogens is 2. The van der Waals surface area contributed by atoms with Crippen molar-refractivity contribution in [3.05, 3.63) is 84.1 Å². The number of nitrogens with one attached hydrogen (secondary N) is 1. The molecular weight excluding hydrogens is 354 g/mol. The summed E-state index contributed by atoms with van der Waals surface area (Å²) >= 11 is 0. The van der Waals surface area contributed by atoms with Crippen molar-refractivity contribution >= 4 is 16.9 Å². The maximum absolute atomic E-state index is 12.5. The Balaban J connectivity index is 1.51. The van der Waals surface area contributed by atoms with Crippen LogP contribution in [0.3, 0.4) is 0 Å². The van der Waals surface area contributed by atoms with E-state index in [-0.39, 0.29) is 19.1 Å². The van der Waals surface area contributed by atoms with Gasteiger partial charge in [0.25, 0.3) is 0 Å². The Labute approximate surface area is 162 Å². The van der Waals surface area contributed by atoms with E-state index in [9.17, 15) is 4.79 Å². The summed E-state index contributed by atoms with van der Waals surface area (Å²) in [5, 5.41) is 2.87. The van der Waals surface area contributed by atoms with Crippen molar-refractivity contribution in [2.75, 3.05) is 0 Å². The zero-order valence-electron chi connectivity index (χ0n) is 15.6. The first-order valence-electron chi connectivity index (χ1n) is 9.12. The highest BCUT2D eigenvalue weighted by Crippen LogP contribution is 2.19. The lowest BCUT2D eigenvalue weighted by Crippen LogP contribution is -2.27. The van der Waals surface area contributed by atoms with Gasteiger partial charge >= 0.3 is 0 Å². The zero-order chi connectivity index (χ0) is 19.3. The number of fused-ring (bicyclic) bond motifs is 1. The van der Waals surface area contributed by atoms with Crippen molar-refractivity contribution in [1.29, 1.82) is 0 Å². The highest BCUT2D eigenvalue weighted by Gasteiger charge is 2.14. The lowest BCUT2D eigenvalue weighted by atomic mass is 10.2. The van der Waals surface area contributed by atoms with E-state index in [1.807, 2.05) is 66.1 Å². The Morgan fingerprint density at radius 1 is 1.11 bits per heavy atom. The number of hydrogen-bond acceptors (Lipinski definition) is 4. The quantitative estimate of drug-likeness (QED) is 0.533. The fourth-order valence-electron chi connectivity index (χ4n) is 2.99. The van der Waals surface area contributed by atoms with E-state index >= 15 is 0 Å². The second-order valence-electron chi connectivity index (χ2n) is 6.56. The van der Waals surface area contributed by atoms with Gasteiger partial charge in [-0.15, -0.1) is 0 Å². The Hall–Kier alpha value is -3.54. The van der Waals surface area contributed by atoms with Crippen molar-refractivity contribution < 1.29 is 13.9 Å². The number of carbonyl (C=O) groups is 1. The maximum Gasteiger partial charge on any atom is 0.240 e. The van der Waals surface area contributed by atoms with E-state index in [1.165, 1.54) is 5.56 Å². The van der Waals surface area contributed by atoms with E-state index in [0.29, 0.717) is 18.1 Å². The molecule has 2 aromatic heterocycles. The summed E-state index contributed by atoms with van der Waals surface area (Å²) in [7, 11) is 0. The predicted molar refractivity (Wildman–Crippen MR) is 106 cm³/mol. The van der Waals surface area contributed by atoms with Crippen LogP contribution in [0.15, 0.2) is 71.3 Å². The predicted octanol–water partition coefficient (Wildman–Crippen LogP) is 3.83. The molecule has 142 valence electrons. The van der Waals surface area contributed by atoms with Crippen molar-refractivity contribution in [1.82, 2.24) is 14.9 Å². The first-order chi connectivity index (χ1) is 13.7. The van der Waals surface area contributed by atoms with Crippen LogP contribution in [0.25, 0.3) is 11.0 Å². The van der Waals surface area contributed by atoms with Gasteiger partial charge in [0.1, 0.15) is 30.5 Å². The van der Waals surface area contributed by atoms with E-state index in [1.54, 1.807) is 12.3 Å². The molecule has 4 aromatic rings. The summed E-state index contributed by atoms with van der Waals surface area (Å²) in [4.78, 5) is 17.1. The van der Waals surface area contributed by atoms with E-state index in [2.05, 4.69) is 10.3 Å². The number of hydrogen-bond donors (Lipinski definition) is 1. The van der Waals surface area contributed by atoms with Gasteiger partial charge in [-0.2, -0.15) is 0 Å². The first kappa shape index (κ1) is 17.9. The first-order valence-corrected chi connectivity index (χ1v) is 9.12. The van der Waals surface area contributed by atoms with E-state index in [0.717, 1.165) is 16.8 Å². The molecule has 0 aliphatic rings. The molecule has 6 nitrogen and oxygen atoms in total. The molecule has 0 spiro atoms. The molecule has 4 rings (SSSR count). The summed E-state index contributed by atoms with van der Waals surface area (Å²) in [5.41, 5.74) is 2.91. The van der Waals surface area contributed by atoms with Crippen LogP contribution in [0, 0.1) is 6.92 Å². The molecule has 0 aliphatic carbocycles. The molecule has 28 heavy (non-hydrogen) atoms. The zero-order valence-corrected chi connectivity index (χ0v) is 15.6. The minimum Gasteiger partial charge on any atom is -0.486 e. The van der Waals surface area contributed by atoms with Gasteiger partial charge in [-0.05, 0) is 43.3 Å². The van der Waals surface area contributed by atoms with Crippen LogP contribution >= 0.6 is 0 Å². The number of furan rings is 1. The number of benzene rings is 2. The van der Waals surface area contributed by atoms with Gasteiger partial charge in [0.05, 0.1) is 23.8 Å². The molecule has 1 amide bonds. The van der Waals surface area contributed by atoms with Crippen LogP contribution in [0.4, 0.5) is 0 Å². The number of imidazole rings is 1. The van der Waals surface area contributed by atoms with Crippen molar-refractivity contribution in [3.63, 3.8) is 0 Å². The average Bonchev–Trinajstić information content (AvgIpc) is 3.34. The molecule has 0 radical (unpaired) electrons. The molecule has 0 aliphatic heterocycles. The summed E-state index contributed by atoms with van der Waals surface area (Å²) in [6.45, 7) is 2.83. The number of amides is 1. The molecule has 0 atom stereocenters. The minimum atomic E-state index is -0.115. The van der Waals surface area contributed by atoms with Gasteiger partial charge < -0.3 is 19.0 Å². The summed E-state index contributed by atoms with van der Waals surface area (Å²) < 4.78 is 13.0. The molecule has 2 heterocycles. The van der Waals surface area contributed by atoms with Crippen LogP contribution in [0.1, 0.15) is 17.1 Å². The summed E-state index contributed by atoms with van der Waals surface area (Å²) in [5.74, 6) is 2.07. The lowest BCUT2D eigenvalue weighted by Gasteiger charge is -2.11. The highest BCUT2D eigenvalue weighted by molar-refractivity contribution is 5.81. The van der Waals surface area contributed by atoms with Crippen molar-refractivity contribution in [2.24, 2.45) is 0 Å². The summed E-state index contributed by atoms with van der Waals surface area (Å²) in [6.07, 6.45) is 1.59. The Morgan fingerprint density at radius 2 is 1.93 bits per heavy atom. The Kier molecular flexibility index (Phi) is 5.10. The van der Waals surface area contributed by atoms with Crippen LogP contribution in [0.5, 0.6) is 5.75 Å². The van der Waals surface area contributed by atoms with Gasteiger partial charge in [-0.25, -0.2) is 4.98 Å². The van der Waals surface area contributed by atoms with Gasteiger partial charge in [0, 0.05) is 0 Å². The number of nitrogens with zero attached hydrogens (tertiary/aromatic N) is 2. The summed E-state index contributed by atoms with van der Waals surface area (Å²) in [6, 6.07) is 19.2. The molecule has 2 aromatic carbocycles. The third kappa shape index (κ3) is 4.06. The maximum atomic E-state index is 12.5. The van der Waals surface area contributed by atoms with Crippen molar-refractivity contribution in [3.8, 4) is 5.75 Å². The van der Waals surface area contributed by atoms with E-state index < -0.39 is 0 Å². The molecule has 0 saturated heterocycles. The van der Waals surface area contributed by atoms with Gasteiger partial charge in [0.2, 0.25) is 5.91 Å². The molecule has 6 heteroatoms. The third-order valence-corrected chi connectivity index (χ3v) is 4.46. The Morgan fingerprint density at radius 3 is 2.71 bits per heavy atom. The molecule has 0 bridgehead atoms. The van der Waals surface area contributed by atoms with Gasteiger partial charge in [-0.1, -0.05) is 29.8 Å². The normalized spacial score (nSPS) is 10.9. The van der Waals surface area contributed by atoms with Crippen LogP contribution in [-0.2, 0) is 24.5 Å². The third-order valence-electron chi connectivity index (χ3n) is 4.46. The number of carbonyl (C=O) groups excluding carboxylic acids is 1. The van der Waals surface area contributed by atoms with Gasteiger partial charge in [-0.3, -0.25) is 4.79 Å². The monoisotopic (exact) mass is 375 g/mol. The smallest absolute Gasteiger partial charge is 0.240 e. The highest BCUT2D eigenvalue weighted by atomic mass is 16.5. The number of para-hydroxylation sites is 2. The van der Waals surface area contributed by atoms with Crippen LogP contribution in [0.2, 0.25) is 0 Å². The lowest BCUT2D eigenvalue weighted by molar-refractivity contribution is -0.121. The second kappa shape index (κ2) is 8.00. The molecule has 0 saturated carbocycles. The van der Waals surface area contributed by atoms with Crippen LogP contribution in [-0.4, -0.2) is 15.5 Å². The minimum absolute atomic E-state index is 0.115. The van der Waals surface area contributed by atoms with E-state index in [4.69, 9.17) is 9.15 Å². The Bertz CT molecular complexity index is 1070. The SMILES string of the molecule is Cc1ccc(OCc2nc3ccccc3n2CC(=O)NCc2ccco2)cc1. The standard InChI is InChI=1S/C22H21N3O3/c1-16-8-10-17(11-9-16)28-15-21-24-19-6-2-3-7-20(19)25(21)14-22(26)23-13-18-5-4-12-27-18/h2-12H,13-15H2,1H3,(H,23,26). The largest absolute Gasteiger partial charge is 0.486 e. The fraction of sp³-hybridized carbons (Fsp3) is 0.182. The molecule has 0 fully saturated rings. The number of rotatable bonds is 7. The second-order valence-corrected chi connectivity index (χ2v) is 6.56. The fourth-order valence-corrected chi connectivity index (χ4v) is 2.99. The molecular formula is C22H21N3O3. The average molecular weight is 375 g/mol. The van der Waals surface area contributed by atoms with Crippen LogP contribution < -0.4 is 10.1 Å². The van der Waals surface area contributed by atoms with Crippen molar-refractivity contribution in [2.45, 2.75) is 26.6 Å².